The van der Waals surface area contributed by atoms with Gasteiger partial charge in [-0.15, -0.1) is 0 Å². The van der Waals surface area contributed by atoms with Crippen LogP contribution in [0.25, 0.3) is 0 Å². The summed E-state index contributed by atoms with van der Waals surface area (Å²) in [6, 6.07) is 10.5. The molecule has 0 unspecified atom stereocenters. The van der Waals surface area contributed by atoms with Gasteiger partial charge in [0.2, 0.25) is 5.91 Å². The van der Waals surface area contributed by atoms with Gasteiger partial charge in [-0.2, -0.15) is 13.2 Å². The number of nitro benzene ring substituents is 1. The van der Waals surface area contributed by atoms with Crippen molar-refractivity contribution >= 4 is 11.6 Å². The molecular formula is C21H22F3N3O3. The molecule has 1 N–H and O–H groups in total. The van der Waals surface area contributed by atoms with Crippen molar-refractivity contribution < 1.29 is 22.9 Å². The molecule has 2 aromatic rings. The summed E-state index contributed by atoms with van der Waals surface area (Å²) in [5.74, 6) is -0.470. The second-order valence-electron chi connectivity index (χ2n) is 7.42. The number of hydrogen-bond acceptors (Lipinski definition) is 4. The third-order valence-corrected chi connectivity index (χ3v) is 5.34. The summed E-state index contributed by atoms with van der Waals surface area (Å²) in [7, 11) is 0. The van der Waals surface area contributed by atoms with Gasteiger partial charge in [0.1, 0.15) is 0 Å². The highest BCUT2D eigenvalue weighted by Gasteiger charge is 2.33. The van der Waals surface area contributed by atoms with E-state index in [1.807, 2.05) is 19.1 Å². The molecule has 2 aromatic carbocycles. The number of fused-ring (bicyclic) bond motifs is 1. The highest BCUT2D eigenvalue weighted by Crippen LogP contribution is 2.33. The minimum absolute atomic E-state index is 0.0462. The lowest BCUT2D eigenvalue weighted by Crippen LogP contribution is -2.44. The Morgan fingerprint density at radius 2 is 1.93 bits per heavy atom. The molecule has 1 heterocycles. The zero-order valence-electron chi connectivity index (χ0n) is 16.4. The van der Waals surface area contributed by atoms with Crippen LogP contribution in [0.15, 0.2) is 42.5 Å². The number of halogens is 3. The van der Waals surface area contributed by atoms with E-state index in [9.17, 15) is 28.1 Å². The molecule has 9 heteroatoms. The Hall–Kier alpha value is -2.94. The number of hydrogen-bond donors (Lipinski definition) is 1. The van der Waals surface area contributed by atoms with Gasteiger partial charge in [-0.25, -0.2) is 0 Å². The van der Waals surface area contributed by atoms with E-state index in [1.54, 1.807) is 0 Å². The third-order valence-electron chi connectivity index (χ3n) is 5.34. The highest BCUT2D eigenvalue weighted by molar-refractivity contribution is 5.79. The summed E-state index contributed by atoms with van der Waals surface area (Å²) in [6.07, 6.45) is -4.12. The van der Waals surface area contributed by atoms with Crippen LogP contribution >= 0.6 is 0 Å². The van der Waals surface area contributed by atoms with E-state index in [0.29, 0.717) is 12.6 Å². The van der Waals surface area contributed by atoms with Crippen molar-refractivity contribution in [2.75, 3.05) is 13.1 Å². The number of nitro groups is 1. The van der Waals surface area contributed by atoms with Crippen molar-refractivity contribution in [3.8, 4) is 0 Å². The van der Waals surface area contributed by atoms with Crippen molar-refractivity contribution in [2.24, 2.45) is 0 Å². The van der Waals surface area contributed by atoms with Crippen molar-refractivity contribution in [3.05, 3.63) is 74.8 Å². The number of nitrogens with zero attached hydrogens (tertiary/aromatic N) is 2. The Bertz CT molecular complexity index is 947. The molecule has 1 amide bonds. The van der Waals surface area contributed by atoms with E-state index in [4.69, 9.17) is 0 Å². The molecule has 0 aliphatic carbocycles. The summed E-state index contributed by atoms with van der Waals surface area (Å²) in [5.41, 5.74) is 0.699. The Morgan fingerprint density at radius 3 is 2.60 bits per heavy atom. The van der Waals surface area contributed by atoms with Crippen LogP contribution in [0.3, 0.4) is 0 Å². The van der Waals surface area contributed by atoms with Gasteiger partial charge in [-0.3, -0.25) is 19.8 Å². The normalized spacial score (nSPS) is 15.3. The number of nitrogens with one attached hydrogen (secondary N) is 1. The second kappa shape index (κ2) is 8.83. The standard InChI is InChI=1S/C21H22F3N3O3/c1-14(26-9-8-15-4-2-3-5-17(15)13-26)12-25-20(28)10-16-6-7-18(21(22,23)24)11-19(16)27(29)30/h2-7,11,14H,8-10,12-13H2,1H3,(H,25,28)/t14-/m1/s1. The van der Waals surface area contributed by atoms with E-state index in [1.165, 1.54) is 11.1 Å². The van der Waals surface area contributed by atoms with Crippen molar-refractivity contribution in [2.45, 2.75) is 38.5 Å². The maximum absolute atomic E-state index is 12.8. The predicted molar refractivity (Wildman–Crippen MR) is 105 cm³/mol. The van der Waals surface area contributed by atoms with E-state index in [2.05, 4.69) is 22.3 Å². The molecule has 0 spiro atoms. The first-order valence-electron chi connectivity index (χ1n) is 9.57. The summed E-state index contributed by atoms with van der Waals surface area (Å²) in [5, 5.41) is 13.9. The van der Waals surface area contributed by atoms with Crippen LogP contribution in [-0.2, 0) is 30.4 Å². The average molecular weight is 421 g/mol. The van der Waals surface area contributed by atoms with Crippen LogP contribution in [0.1, 0.15) is 29.2 Å². The number of carbonyl (C=O) groups is 1. The molecule has 1 atom stereocenters. The fourth-order valence-electron chi connectivity index (χ4n) is 3.58. The van der Waals surface area contributed by atoms with Gasteiger partial charge in [0, 0.05) is 37.3 Å². The maximum atomic E-state index is 12.8. The monoisotopic (exact) mass is 421 g/mol. The molecular weight excluding hydrogens is 399 g/mol. The zero-order valence-corrected chi connectivity index (χ0v) is 16.4. The van der Waals surface area contributed by atoms with Crippen LogP contribution < -0.4 is 5.32 Å². The quantitative estimate of drug-likeness (QED) is 0.570. The van der Waals surface area contributed by atoms with Gasteiger partial charge in [-0.1, -0.05) is 30.3 Å². The Balaban J connectivity index is 1.59. The predicted octanol–water partition coefficient (Wildman–Crippen LogP) is 3.72. The van der Waals surface area contributed by atoms with Crippen molar-refractivity contribution in [3.63, 3.8) is 0 Å². The Kier molecular flexibility index (Phi) is 6.40. The van der Waals surface area contributed by atoms with Gasteiger partial charge < -0.3 is 5.32 Å². The van der Waals surface area contributed by atoms with E-state index in [0.717, 1.165) is 31.6 Å². The van der Waals surface area contributed by atoms with Crippen LogP contribution in [0.4, 0.5) is 18.9 Å². The molecule has 6 nitrogen and oxygen atoms in total. The molecule has 0 saturated heterocycles. The highest BCUT2D eigenvalue weighted by atomic mass is 19.4. The van der Waals surface area contributed by atoms with Crippen LogP contribution in [0.2, 0.25) is 0 Å². The second-order valence-corrected chi connectivity index (χ2v) is 7.42. The minimum atomic E-state index is -4.69. The summed E-state index contributed by atoms with van der Waals surface area (Å²) >= 11 is 0. The van der Waals surface area contributed by atoms with Gasteiger partial charge >= 0.3 is 6.18 Å². The van der Waals surface area contributed by atoms with Gasteiger partial charge in [0.05, 0.1) is 16.9 Å². The number of alkyl halides is 3. The molecule has 30 heavy (non-hydrogen) atoms. The topological polar surface area (TPSA) is 75.5 Å². The number of amides is 1. The lowest BCUT2D eigenvalue weighted by Gasteiger charge is -2.33. The molecule has 0 radical (unpaired) electrons. The lowest BCUT2D eigenvalue weighted by molar-refractivity contribution is -0.385. The van der Waals surface area contributed by atoms with Crippen LogP contribution in [0, 0.1) is 10.1 Å². The Labute approximate surface area is 171 Å². The Morgan fingerprint density at radius 1 is 1.23 bits per heavy atom. The molecule has 160 valence electrons. The van der Waals surface area contributed by atoms with Gasteiger partial charge in [0.25, 0.3) is 5.69 Å². The maximum Gasteiger partial charge on any atom is 0.416 e. The molecule has 0 saturated carbocycles. The minimum Gasteiger partial charge on any atom is -0.354 e. The number of benzene rings is 2. The SMILES string of the molecule is C[C@H](CNC(=O)Cc1ccc(C(F)(F)F)cc1[N+](=O)[O-])N1CCc2ccccc2C1. The summed E-state index contributed by atoms with van der Waals surface area (Å²) < 4.78 is 38.4. The number of rotatable bonds is 6. The zero-order chi connectivity index (χ0) is 21.9. The van der Waals surface area contributed by atoms with Gasteiger partial charge in [-0.05, 0) is 30.5 Å². The van der Waals surface area contributed by atoms with Gasteiger partial charge in [0.15, 0.2) is 0 Å². The molecule has 1 aliphatic rings. The van der Waals surface area contributed by atoms with E-state index >= 15 is 0 Å². The van der Waals surface area contributed by atoms with E-state index < -0.39 is 28.3 Å². The molecule has 1 aliphatic heterocycles. The average Bonchev–Trinajstić information content (AvgIpc) is 2.71. The van der Waals surface area contributed by atoms with Crippen molar-refractivity contribution in [1.82, 2.24) is 10.2 Å². The third kappa shape index (κ3) is 5.15. The van der Waals surface area contributed by atoms with Crippen LogP contribution in [0.5, 0.6) is 0 Å². The smallest absolute Gasteiger partial charge is 0.354 e. The largest absolute Gasteiger partial charge is 0.416 e. The first-order valence-corrected chi connectivity index (χ1v) is 9.57. The van der Waals surface area contributed by atoms with E-state index in [-0.39, 0.29) is 18.0 Å². The lowest BCUT2D eigenvalue weighted by atomic mass is 9.99. The van der Waals surface area contributed by atoms with Crippen LogP contribution in [-0.4, -0.2) is 34.9 Å². The first kappa shape index (κ1) is 21.8. The fourth-order valence-corrected chi connectivity index (χ4v) is 3.58. The van der Waals surface area contributed by atoms with Crippen molar-refractivity contribution in [1.29, 1.82) is 0 Å². The molecule has 0 aromatic heterocycles. The molecule has 0 bridgehead atoms. The molecule has 0 fully saturated rings. The fraction of sp³-hybridized carbons (Fsp3) is 0.381. The molecule has 3 rings (SSSR count). The summed E-state index contributed by atoms with van der Waals surface area (Å²) in [4.78, 5) is 24.8. The first-order chi connectivity index (χ1) is 14.1. The summed E-state index contributed by atoms with van der Waals surface area (Å²) in [6.45, 7) is 3.96. The number of carbonyl (C=O) groups excluding carboxylic acids is 1.